The summed E-state index contributed by atoms with van der Waals surface area (Å²) in [7, 11) is 0. The van der Waals surface area contributed by atoms with E-state index >= 15 is 0 Å². The smallest absolute Gasteiger partial charge is 0.410 e. The van der Waals surface area contributed by atoms with Crippen LogP contribution in [0, 0.1) is 0 Å². The Balaban J connectivity index is 2.62. The number of unbranched alkanes of at least 4 members (excludes halogenated alkanes) is 2. The molecule has 1 aromatic heterocycles. The van der Waals surface area contributed by atoms with Gasteiger partial charge in [-0.25, -0.2) is 9.78 Å². The highest BCUT2D eigenvalue weighted by Crippen LogP contribution is 2.17. The van der Waals surface area contributed by atoms with Crippen molar-refractivity contribution in [3.63, 3.8) is 0 Å². The quantitative estimate of drug-likeness (QED) is 0.589. The molecule has 7 heteroatoms. The van der Waals surface area contributed by atoms with Crippen LogP contribution in [0.3, 0.4) is 0 Å². The molecule has 1 heterocycles. The molecule has 0 saturated heterocycles. The minimum Gasteiger partial charge on any atom is -0.410 e. The van der Waals surface area contributed by atoms with E-state index in [1.807, 2.05) is 20.8 Å². The van der Waals surface area contributed by atoms with Crippen molar-refractivity contribution in [1.82, 2.24) is 9.88 Å². The van der Waals surface area contributed by atoms with E-state index in [1.165, 1.54) is 11.1 Å². The van der Waals surface area contributed by atoms with Crippen molar-refractivity contribution in [3.8, 4) is 0 Å². The Bertz CT molecular complexity index is 528. The van der Waals surface area contributed by atoms with Gasteiger partial charge in [0.1, 0.15) is 5.82 Å². The molecule has 0 unspecified atom stereocenters. The third-order valence-corrected chi connectivity index (χ3v) is 3.37. The Morgan fingerprint density at radius 2 is 2.04 bits per heavy atom. The van der Waals surface area contributed by atoms with Crippen LogP contribution < -0.4 is 5.32 Å². The number of hydrogen-bond donors (Lipinski definition) is 2. The van der Waals surface area contributed by atoms with Gasteiger partial charge in [-0.2, -0.15) is 0 Å². The summed E-state index contributed by atoms with van der Waals surface area (Å²) in [5.41, 5.74) is -0.470. The number of anilines is 1. The molecule has 1 aromatic rings. The Morgan fingerprint density at radius 1 is 1.33 bits per heavy atom. The molecule has 0 radical (unpaired) electrons. The van der Waals surface area contributed by atoms with Crippen LogP contribution in [-0.4, -0.2) is 45.4 Å². The first-order valence-corrected chi connectivity index (χ1v) is 8.14. The van der Waals surface area contributed by atoms with Crippen molar-refractivity contribution in [2.45, 2.75) is 58.8 Å². The molecule has 24 heavy (non-hydrogen) atoms. The minimum atomic E-state index is -1.89. The van der Waals surface area contributed by atoms with Crippen molar-refractivity contribution < 1.29 is 19.4 Å². The average molecular weight is 337 g/mol. The molecule has 0 saturated carbocycles. The van der Waals surface area contributed by atoms with Gasteiger partial charge in [-0.3, -0.25) is 4.79 Å². The lowest BCUT2D eigenvalue weighted by molar-refractivity contribution is -0.144. The van der Waals surface area contributed by atoms with Gasteiger partial charge in [-0.1, -0.05) is 25.8 Å². The zero-order valence-electron chi connectivity index (χ0n) is 14.8. The molecule has 0 aliphatic rings. The van der Waals surface area contributed by atoms with Gasteiger partial charge >= 0.3 is 6.09 Å². The second-order valence-electron chi connectivity index (χ2n) is 6.47. The largest absolute Gasteiger partial charge is 0.412 e. The predicted molar refractivity (Wildman–Crippen MR) is 91.3 cm³/mol. The van der Waals surface area contributed by atoms with Gasteiger partial charge in [0.2, 0.25) is 0 Å². The van der Waals surface area contributed by atoms with Crippen molar-refractivity contribution >= 4 is 17.8 Å². The van der Waals surface area contributed by atoms with Gasteiger partial charge in [0.05, 0.1) is 0 Å². The first-order chi connectivity index (χ1) is 11.3. The van der Waals surface area contributed by atoms with Crippen LogP contribution in [0.1, 0.15) is 47.0 Å². The highest BCUT2D eigenvalue weighted by atomic mass is 16.7. The molecular weight excluding hydrogens is 310 g/mol. The molecule has 0 aliphatic heterocycles. The van der Waals surface area contributed by atoms with E-state index in [9.17, 15) is 14.7 Å². The maximum Gasteiger partial charge on any atom is 0.412 e. The predicted octanol–water partition coefficient (Wildman–Crippen LogP) is 2.77. The first-order valence-electron chi connectivity index (χ1n) is 8.14. The maximum absolute atomic E-state index is 12.3. The van der Waals surface area contributed by atoms with Crippen LogP contribution in [0.4, 0.5) is 10.6 Å². The van der Waals surface area contributed by atoms with Crippen LogP contribution in [0.15, 0.2) is 24.4 Å². The summed E-state index contributed by atoms with van der Waals surface area (Å²) in [5.74, 6) is -0.572. The highest BCUT2D eigenvalue weighted by molar-refractivity contribution is 5.93. The van der Waals surface area contributed by atoms with Gasteiger partial charge in [0, 0.05) is 18.3 Å². The molecule has 1 atom stereocenters. The zero-order chi connectivity index (χ0) is 18.2. The zero-order valence-corrected chi connectivity index (χ0v) is 14.8. The highest BCUT2D eigenvalue weighted by Gasteiger charge is 2.30. The lowest BCUT2D eigenvalue weighted by Gasteiger charge is -2.35. The number of aliphatic hydroxyl groups excluding tert-OH is 1. The van der Waals surface area contributed by atoms with Crippen LogP contribution in [0.2, 0.25) is 0 Å². The van der Waals surface area contributed by atoms with Crippen molar-refractivity contribution in [2.75, 3.05) is 11.9 Å². The van der Waals surface area contributed by atoms with Gasteiger partial charge in [-0.15, -0.1) is 0 Å². The number of carbonyl (C=O) groups is 2. The summed E-state index contributed by atoms with van der Waals surface area (Å²) in [5, 5.41) is 12.2. The number of aromatic nitrogens is 1. The lowest BCUT2D eigenvalue weighted by Crippen LogP contribution is -2.48. The fourth-order valence-electron chi connectivity index (χ4n) is 2.06. The summed E-state index contributed by atoms with van der Waals surface area (Å²) in [4.78, 5) is 29.6. The monoisotopic (exact) mass is 337 g/mol. The standard InChI is InChI=1S/C17H27N3O4/c1-5-6-9-12-20(17(2,3)4)16(23)24-15(22)14(21)19-13-10-7-8-11-18-13/h7-8,10-11,15,22H,5-6,9,12H2,1-4H3,(H,18,19,21)/t15-/m0/s1. The number of hydrogen-bond acceptors (Lipinski definition) is 5. The topological polar surface area (TPSA) is 91.8 Å². The third-order valence-electron chi connectivity index (χ3n) is 3.37. The van der Waals surface area contributed by atoms with E-state index < -0.39 is 23.8 Å². The van der Waals surface area contributed by atoms with Gasteiger partial charge in [0.15, 0.2) is 0 Å². The molecule has 2 amide bonds. The molecule has 2 N–H and O–H groups in total. The fraction of sp³-hybridized carbons (Fsp3) is 0.588. The third kappa shape index (κ3) is 6.54. The first kappa shape index (κ1) is 19.9. The van der Waals surface area contributed by atoms with E-state index in [2.05, 4.69) is 17.2 Å². The van der Waals surface area contributed by atoms with E-state index in [0.29, 0.717) is 6.54 Å². The Morgan fingerprint density at radius 3 is 2.58 bits per heavy atom. The van der Waals surface area contributed by atoms with E-state index in [-0.39, 0.29) is 5.82 Å². The van der Waals surface area contributed by atoms with Crippen LogP contribution in [0.5, 0.6) is 0 Å². The summed E-state index contributed by atoms with van der Waals surface area (Å²) >= 11 is 0. The molecule has 0 aliphatic carbocycles. The van der Waals surface area contributed by atoms with Crippen LogP contribution in [-0.2, 0) is 9.53 Å². The molecule has 0 spiro atoms. The Labute approximate surface area is 143 Å². The van der Waals surface area contributed by atoms with Gasteiger partial charge in [0.25, 0.3) is 12.2 Å². The molecule has 1 rings (SSSR count). The number of nitrogens with one attached hydrogen (secondary N) is 1. The van der Waals surface area contributed by atoms with Crippen molar-refractivity contribution in [2.24, 2.45) is 0 Å². The molecular formula is C17H27N3O4. The van der Waals surface area contributed by atoms with E-state index in [0.717, 1.165) is 19.3 Å². The molecule has 134 valence electrons. The second-order valence-corrected chi connectivity index (χ2v) is 6.47. The van der Waals surface area contributed by atoms with E-state index in [1.54, 1.807) is 18.2 Å². The lowest BCUT2D eigenvalue weighted by atomic mass is 10.1. The second kappa shape index (κ2) is 9.22. The normalized spacial score (nSPS) is 12.4. The maximum atomic E-state index is 12.3. The fourth-order valence-corrected chi connectivity index (χ4v) is 2.06. The summed E-state index contributed by atoms with van der Waals surface area (Å²) in [6.45, 7) is 8.21. The van der Waals surface area contributed by atoms with Crippen LogP contribution in [0.25, 0.3) is 0 Å². The molecule has 0 fully saturated rings. The SMILES string of the molecule is CCCCCN(C(=O)O[C@H](O)C(=O)Nc1ccccn1)C(C)(C)C. The number of aliphatic hydroxyl groups is 1. The summed E-state index contributed by atoms with van der Waals surface area (Å²) in [6, 6.07) is 4.96. The van der Waals surface area contributed by atoms with Gasteiger partial charge in [-0.05, 0) is 39.3 Å². The summed E-state index contributed by atoms with van der Waals surface area (Å²) < 4.78 is 4.91. The number of pyridine rings is 1. The molecule has 0 bridgehead atoms. The van der Waals surface area contributed by atoms with Crippen LogP contribution >= 0.6 is 0 Å². The Hall–Kier alpha value is -2.15. The molecule has 0 aromatic carbocycles. The van der Waals surface area contributed by atoms with E-state index in [4.69, 9.17) is 4.74 Å². The Kier molecular flexibility index (Phi) is 7.64. The average Bonchev–Trinajstić information content (AvgIpc) is 2.51. The number of ether oxygens (including phenoxy) is 1. The number of nitrogens with zero attached hydrogens (tertiary/aromatic N) is 2. The number of carbonyl (C=O) groups excluding carboxylic acids is 2. The minimum absolute atomic E-state index is 0.272. The van der Waals surface area contributed by atoms with Crippen molar-refractivity contribution in [3.05, 3.63) is 24.4 Å². The number of amides is 2. The van der Waals surface area contributed by atoms with Crippen molar-refractivity contribution in [1.29, 1.82) is 0 Å². The molecule has 7 nitrogen and oxygen atoms in total. The number of rotatable bonds is 7. The summed E-state index contributed by atoms with van der Waals surface area (Å²) in [6.07, 6.45) is 1.74. The van der Waals surface area contributed by atoms with Gasteiger partial charge < -0.3 is 20.1 Å².